The van der Waals surface area contributed by atoms with E-state index in [9.17, 15) is 9.59 Å². The van der Waals surface area contributed by atoms with Crippen LogP contribution in [0.3, 0.4) is 0 Å². The van der Waals surface area contributed by atoms with Gasteiger partial charge in [0.1, 0.15) is 4.60 Å². The number of pyridine rings is 1. The van der Waals surface area contributed by atoms with Crippen molar-refractivity contribution in [1.82, 2.24) is 9.88 Å². The Kier molecular flexibility index (Phi) is 5.77. The maximum atomic E-state index is 12.1. The molecule has 1 aromatic heterocycles. The molecule has 0 fully saturated rings. The van der Waals surface area contributed by atoms with Crippen LogP contribution in [0.4, 0.5) is 0 Å². The molecular weight excluding hydrogens is 300 g/mol. The van der Waals surface area contributed by atoms with Crippen LogP contribution in [0.2, 0.25) is 0 Å². The molecule has 0 unspecified atom stereocenters. The fourth-order valence-corrected chi connectivity index (χ4v) is 1.84. The van der Waals surface area contributed by atoms with Gasteiger partial charge in [0.25, 0.3) is 5.91 Å². The minimum absolute atomic E-state index is 0.125. The van der Waals surface area contributed by atoms with Crippen molar-refractivity contribution in [3.63, 3.8) is 0 Å². The molecule has 1 rings (SSSR count). The fraction of sp³-hybridized carbons (Fsp3) is 0.417. The monoisotopic (exact) mass is 314 g/mol. The molecule has 0 aliphatic carbocycles. The van der Waals surface area contributed by atoms with Crippen LogP contribution < -0.4 is 0 Å². The topological polar surface area (TPSA) is 59.5 Å². The number of hydrogen-bond donors (Lipinski definition) is 0. The third kappa shape index (κ3) is 4.10. The number of methoxy groups -OCH3 is 1. The molecule has 98 valence electrons. The summed E-state index contributed by atoms with van der Waals surface area (Å²) in [5.74, 6) is -0.391. The number of hydrogen-bond acceptors (Lipinski definition) is 4. The van der Waals surface area contributed by atoms with Gasteiger partial charge in [-0.05, 0) is 34.5 Å². The molecule has 1 amide bonds. The fourth-order valence-electron chi connectivity index (χ4n) is 1.42. The number of aromatic nitrogens is 1. The summed E-state index contributed by atoms with van der Waals surface area (Å²) in [6.07, 6.45) is 2.49. The second kappa shape index (κ2) is 7.10. The normalized spacial score (nSPS) is 9.94. The summed E-state index contributed by atoms with van der Waals surface area (Å²) in [6, 6.07) is 3.41. The molecule has 0 spiro atoms. The van der Waals surface area contributed by atoms with Crippen LogP contribution in [0.15, 0.2) is 22.9 Å². The van der Waals surface area contributed by atoms with Gasteiger partial charge in [-0.1, -0.05) is 0 Å². The molecule has 0 aromatic carbocycles. The van der Waals surface area contributed by atoms with Gasteiger partial charge in [-0.3, -0.25) is 9.59 Å². The van der Waals surface area contributed by atoms with Crippen molar-refractivity contribution in [2.45, 2.75) is 12.8 Å². The van der Waals surface area contributed by atoms with Gasteiger partial charge < -0.3 is 9.64 Å². The van der Waals surface area contributed by atoms with Crippen molar-refractivity contribution < 1.29 is 14.3 Å². The number of amides is 1. The first kappa shape index (κ1) is 14.6. The quantitative estimate of drug-likeness (QED) is 0.615. The first-order valence-electron chi connectivity index (χ1n) is 5.49. The van der Waals surface area contributed by atoms with Gasteiger partial charge in [-0.15, -0.1) is 0 Å². The lowest BCUT2D eigenvalue weighted by Gasteiger charge is -2.17. The molecule has 18 heavy (non-hydrogen) atoms. The van der Waals surface area contributed by atoms with E-state index in [0.717, 1.165) is 0 Å². The smallest absolute Gasteiger partial charge is 0.305 e. The molecule has 0 radical (unpaired) electrons. The summed E-state index contributed by atoms with van der Waals surface area (Å²) >= 11 is 3.24. The highest BCUT2D eigenvalue weighted by molar-refractivity contribution is 9.10. The highest BCUT2D eigenvalue weighted by Crippen LogP contribution is 2.14. The number of nitrogens with zero attached hydrogens (tertiary/aromatic N) is 2. The Balaban J connectivity index is 2.52. The lowest BCUT2D eigenvalue weighted by Crippen LogP contribution is -2.28. The van der Waals surface area contributed by atoms with Gasteiger partial charge in [-0.2, -0.15) is 0 Å². The average Bonchev–Trinajstić information content (AvgIpc) is 2.38. The van der Waals surface area contributed by atoms with E-state index in [4.69, 9.17) is 0 Å². The van der Waals surface area contributed by atoms with Crippen LogP contribution in [-0.2, 0) is 9.53 Å². The van der Waals surface area contributed by atoms with E-state index in [-0.39, 0.29) is 11.9 Å². The van der Waals surface area contributed by atoms with Gasteiger partial charge in [0.15, 0.2) is 0 Å². The molecular formula is C12H15BrN2O3. The molecule has 1 heterocycles. The van der Waals surface area contributed by atoms with E-state index in [0.29, 0.717) is 29.6 Å². The summed E-state index contributed by atoms with van der Waals surface area (Å²) in [4.78, 5) is 28.6. The molecule has 0 aliphatic heterocycles. The zero-order valence-electron chi connectivity index (χ0n) is 10.4. The minimum Gasteiger partial charge on any atom is -0.469 e. The van der Waals surface area contributed by atoms with Crippen molar-refractivity contribution >= 4 is 27.8 Å². The van der Waals surface area contributed by atoms with E-state index >= 15 is 0 Å². The van der Waals surface area contributed by atoms with Crippen molar-refractivity contribution in [3.8, 4) is 0 Å². The molecule has 0 bridgehead atoms. The Labute approximate surface area is 114 Å². The Morgan fingerprint density at radius 3 is 2.83 bits per heavy atom. The third-order valence-electron chi connectivity index (χ3n) is 2.44. The molecule has 0 atom stereocenters. The van der Waals surface area contributed by atoms with Crippen LogP contribution in [-0.4, -0.2) is 42.5 Å². The molecule has 0 saturated carbocycles. The van der Waals surface area contributed by atoms with Crippen LogP contribution in [0, 0.1) is 0 Å². The summed E-state index contributed by atoms with van der Waals surface area (Å²) < 4.78 is 5.06. The standard InChI is InChI=1S/C12H15BrN2O3/c1-15(8-4-6-10(16)18-2)12(17)9-5-3-7-14-11(9)13/h3,5,7H,4,6,8H2,1-2H3. The average molecular weight is 315 g/mol. The van der Waals surface area contributed by atoms with Crippen molar-refractivity contribution in [3.05, 3.63) is 28.5 Å². The number of rotatable bonds is 5. The second-order valence-electron chi connectivity index (χ2n) is 3.75. The van der Waals surface area contributed by atoms with Gasteiger partial charge >= 0.3 is 5.97 Å². The Bertz CT molecular complexity index is 437. The molecule has 5 nitrogen and oxygen atoms in total. The summed E-state index contributed by atoms with van der Waals surface area (Å²) in [6.45, 7) is 0.495. The van der Waals surface area contributed by atoms with Crippen LogP contribution in [0.5, 0.6) is 0 Å². The molecule has 1 aromatic rings. The van der Waals surface area contributed by atoms with Crippen LogP contribution >= 0.6 is 15.9 Å². The maximum absolute atomic E-state index is 12.1. The number of carbonyl (C=O) groups is 2. The van der Waals surface area contributed by atoms with E-state index in [2.05, 4.69) is 25.7 Å². The predicted molar refractivity (Wildman–Crippen MR) is 70.1 cm³/mol. The number of halogens is 1. The van der Waals surface area contributed by atoms with Gasteiger partial charge in [0, 0.05) is 26.2 Å². The zero-order valence-corrected chi connectivity index (χ0v) is 11.9. The Morgan fingerprint density at radius 1 is 1.50 bits per heavy atom. The van der Waals surface area contributed by atoms with Crippen molar-refractivity contribution in [2.24, 2.45) is 0 Å². The zero-order chi connectivity index (χ0) is 13.5. The first-order valence-corrected chi connectivity index (χ1v) is 6.28. The van der Waals surface area contributed by atoms with E-state index in [1.807, 2.05) is 0 Å². The summed E-state index contributed by atoms with van der Waals surface area (Å²) in [5, 5.41) is 0. The summed E-state index contributed by atoms with van der Waals surface area (Å²) in [7, 11) is 3.04. The van der Waals surface area contributed by atoms with Crippen molar-refractivity contribution in [1.29, 1.82) is 0 Å². The van der Waals surface area contributed by atoms with Crippen molar-refractivity contribution in [2.75, 3.05) is 20.7 Å². The third-order valence-corrected chi connectivity index (χ3v) is 3.07. The lowest BCUT2D eigenvalue weighted by molar-refractivity contribution is -0.140. The van der Waals surface area contributed by atoms with E-state index in [1.165, 1.54) is 7.11 Å². The summed E-state index contributed by atoms with van der Waals surface area (Å²) in [5.41, 5.74) is 0.512. The molecule has 6 heteroatoms. The second-order valence-corrected chi connectivity index (χ2v) is 4.50. The largest absolute Gasteiger partial charge is 0.469 e. The van der Waals surface area contributed by atoms with Gasteiger partial charge in [0.05, 0.1) is 12.7 Å². The number of ether oxygens (including phenoxy) is 1. The van der Waals surface area contributed by atoms with Gasteiger partial charge in [-0.25, -0.2) is 4.98 Å². The predicted octanol–water partition coefficient (Wildman–Crippen LogP) is 1.87. The SMILES string of the molecule is COC(=O)CCCN(C)C(=O)c1cccnc1Br. The highest BCUT2D eigenvalue weighted by atomic mass is 79.9. The molecule has 0 aliphatic rings. The van der Waals surface area contributed by atoms with E-state index < -0.39 is 0 Å². The Hall–Kier alpha value is -1.43. The minimum atomic E-state index is -0.265. The highest BCUT2D eigenvalue weighted by Gasteiger charge is 2.15. The Morgan fingerprint density at radius 2 is 2.22 bits per heavy atom. The molecule has 0 saturated heterocycles. The van der Waals surface area contributed by atoms with E-state index in [1.54, 1.807) is 30.3 Å². The van der Waals surface area contributed by atoms with Crippen LogP contribution in [0.1, 0.15) is 23.2 Å². The maximum Gasteiger partial charge on any atom is 0.305 e. The number of carbonyl (C=O) groups excluding carboxylic acids is 2. The first-order chi connectivity index (χ1) is 8.56. The van der Waals surface area contributed by atoms with Crippen LogP contribution in [0.25, 0.3) is 0 Å². The lowest BCUT2D eigenvalue weighted by atomic mass is 10.2. The van der Waals surface area contributed by atoms with Gasteiger partial charge in [0.2, 0.25) is 0 Å². The molecule has 0 N–H and O–H groups in total. The number of esters is 1.